The maximum atomic E-state index is 12.4. The highest BCUT2D eigenvalue weighted by Crippen LogP contribution is 2.26. The Labute approximate surface area is 188 Å². The number of amides is 1. The number of nitrogens with zero attached hydrogens (tertiary/aromatic N) is 4. The predicted octanol–water partition coefficient (Wildman–Crippen LogP) is 4.83. The van der Waals surface area contributed by atoms with E-state index in [-0.39, 0.29) is 11.7 Å². The van der Waals surface area contributed by atoms with E-state index in [1.807, 2.05) is 54.8 Å². The van der Waals surface area contributed by atoms with E-state index < -0.39 is 0 Å². The Bertz CT molecular complexity index is 1180. The van der Waals surface area contributed by atoms with Crippen molar-refractivity contribution in [1.29, 1.82) is 0 Å². The number of thiazole rings is 1. The second kappa shape index (κ2) is 9.49. The zero-order valence-corrected chi connectivity index (χ0v) is 19.2. The van der Waals surface area contributed by atoms with E-state index in [2.05, 4.69) is 33.5 Å². The number of aromatic nitrogens is 4. The number of nitrogens with one attached hydrogen (secondary N) is 1. The Morgan fingerprint density at radius 2 is 2.03 bits per heavy atom. The maximum Gasteiger partial charge on any atom is 0.236 e. The number of fused-ring (bicyclic) bond motifs is 1. The first-order chi connectivity index (χ1) is 15.0. The Balaban J connectivity index is 1.36. The number of carbonyl (C=O) groups is 1. The van der Waals surface area contributed by atoms with Gasteiger partial charge in [0.15, 0.2) is 16.1 Å². The van der Waals surface area contributed by atoms with Gasteiger partial charge in [-0.15, -0.1) is 10.2 Å². The highest BCUT2D eigenvalue weighted by atomic mass is 32.2. The van der Waals surface area contributed by atoms with Crippen molar-refractivity contribution in [2.24, 2.45) is 0 Å². The van der Waals surface area contributed by atoms with Crippen LogP contribution in [0.15, 0.2) is 47.6 Å². The van der Waals surface area contributed by atoms with Crippen molar-refractivity contribution in [2.45, 2.75) is 39.1 Å². The van der Waals surface area contributed by atoms with Crippen LogP contribution in [0.2, 0.25) is 0 Å². The van der Waals surface area contributed by atoms with E-state index in [1.165, 1.54) is 28.7 Å². The first-order valence-corrected chi connectivity index (χ1v) is 11.7. The summed E-state index contributed by atoms with van der Waals surface area (Å²) in [6, 6.07) is 13.9. The third kappa shape index (κ3) is 5.05. The third-order valence-electron chi connectivity index (χ3n) is 4.67. The molecule has 0 bridgehead atoms. The van der Waals surface area contributed by atoms with E-state index in [1.54, 1.807) is 0 Å². The molecule has 9 heteroatoms. The van der Waals surface area contributed by atoms with Gasteiger partial charge in [-0.2, -0.15) is 0 Å². The molecule has 2 heterocycles. The molecule has 0 aliphatic rings. The Morgan fingerprint density at radius 3 is 2.81 bits per heavy atom. The molecule has 0 saturated carbocycles. The van der Waals surface area contributed by atoms with Crippen LogP contribution in [0.4, 0.5) is 5.13 Å². The highest BCUT2D eigenvalue weighted by Gasteiger charge is 2.15. The van der Waals surface area contributed by atoms with Crippen molar-refractivity contribution < 1.29 is 9.53 Å². The number of aryl methyl sites for hydroxylation is 2. The van der Waals surface area contributed by atoms with E-state index in [9.17, 15) is 4.79 Å². The second-order valence-electron chi connectivity index (χ2n) is 7.02. The van der Waals surface area contributed by atoms with Gasteiger partial charge in [0.05, 0.1) is 16.0 Å². The summed E-state index contributed by atoms with van der Waals surface area (Å²) >= 11 is 2.82. The molecule has 0 radical (unpaired) electrons. The molecule has 160 valence electrons. The molecule has 7 nitrogen and oxygen atoms in total. The van der Waals surface area contributed by atoms with Gasteiger partial charge >= 0.3 is 0 Å². The lowest BCUT2D eigenvalue weighted by atomic mass is 10.1. The zero-order chi connectivity index (χ0) is 21.8. The molecule has 31 heavy (non-hydrogen) atoms. The van der Waals surface area contributed by atoms with Gasteiger partial charge in [0, 0.05) is 6.54 Å². The summed E-state index contributed by atoms with van der Waals surface area (Å²) < 4.78 is 8.97. The van der Waals surface area contributed by atoms with Gasteiger partial charge in [-0.25, -0.2) is 4.98 Å². The molecule has 0 fully saturated rings. The third-order valence-corrected chi connectivity index (χ3v) is 6.59. The fourth-order valence-electron chi connectivity index (χ4n) is 3.16. The lowest BCUT2D eigenvalue weighted by Gasteiger charge is -2.11. The number of ether oxygens (including phenoxy) is 1. The molecule has 2 aromatic carbocycles. The average Bonchev–Trinajstić information content (AvgIpc) is 3.34. The van der Waals surface area contributed by atoms with Crippen LogP contribution in [0.25, 0.3) is 10.2 Å². The summed E-state index contributed by atoms with van der Waals surface area (Å²) in [5, 5.41) is 12.7. The van der Waals surface area contributed by atoms with Crippen molar-refractivity contribution in [2.75, 3.05) is 11.1 Å². The molecule has 0 spiro atoms. The molecular weight excluding hydrogens is 430 g/mol. The Morgan fingerprint density at radius 1 is 1.19 bits per heavy atom. The molecule has 0 saturated heterocycles. The number of benzene rings is 2. The van der Waals surface area contributed by atoms with Crippen LogP contribution < -0.4 is 10.1 Å². The van der Waals surface area contributed by atoms with Crippen molar-refractivity contribution in [3.8, 4) is 5.75 Å². The SMILES string of the molecule is CCn1c(COc2ccc(C)cc2C)nnc1SCC(=O)Nc1nc2ccccc2s1. The quantitative estimate of drug-likeness (QED) is 0.385. The van der Waals surface area contributed by atoms with E-state index in [0.717, 1.165) is 27.4 Å². The molecule has 4 aromatic rings. The Kier molecular flexibility index (Phi) is 6.53. The summed E-state index contributed by atoms with van der Waals surface area (Å²) in [6.07, 6.45) is 0. The topological polar surface area (TPSA) is 81.9 Å². The summed E-state index contributed by atoms with van der Waals surface area (Å²) in [6.45, 7) is 7.12. The van der Waals surface area contributed by atoms with Crippen molar-refractivity contribution in [1.82, 2.24) is 19.7 Å². The van der Waals surface area contributed by atoms with Gasteiger partial charge in [-0.3, -0.25) is 4.79 Å². The first kappa shape index (κ1) is 21.3. The van der Waals surface area contributed by atoms with E-state index in [4.69, 9.17) is 4.74 Å². The minimum atomic E-state index is -0.122. The molecule has 0 atom stereocenters. The molecule has 1 N–H and O–H groups in total. The first-order valence-electron chi connectivity index (χ1n) is 9.94. The maximum absolute atomic E-state index is 12.4. The van der Waals surface area contributed by atoms with Gasteiger partial charge in [-0.05, 0) is 44.5 Å². The minimum Gasteiger partial charge on any atom is -0.485 e. The second-order valence-corrected chi connectivity index (χ2v) is 9.00. The summed E-state index contributed by atoms with van der Waals surface area (Å²) in [4.78, 5) is 16.8. The van der Waals surface area contributed by atoms with Gasteiger partial charge in [-0.1, -0.05) is 52.9 Å². The summed E-state index contributed by atoms with van der Waals surface area (Å²) in [5.74, 6) is 1.67. The van der Waals surface area contributed by atoms with Crippen LogP contribution >= 0.6 is 23.1 Å². The Hall–Kier alpha value is -2.91. The van der Waals surface area contributed by atoms with Gasteiger partial charge in [0.25, 0.3) is 0 Å². The molecule has 0 aliphatic carbocycles. The average molecular weight is 454 g/mol. The zero-order valence-electron chi connectivity index (χ0n) is 17.6. The smallest absolute Gasteiger partial charge is 0.236 e. The van der Waals surface area contributed by atoms with Gasteiger partial charge in [0.2, 0.25) is 5.91 Å². The van der Waals surface area contributed by atoms with Crippen molar-refractivity contribution in [3.05, 3.63) is 59.4 Å². The van der Waals surface area contributed by atoms with Crippen LogP contribution in [0.1, 0.15) is 23.9 Å². The van der Waals surface area contributed by atoms with Crippen LogP contribution in [-0.4, -0.2) is 31.4 Å². The molecule has 0 unspecified atom stereocenters. The number of hydrogen-bond acceptors (Lipinski definition) is 7. The molecular formula is C22H23N5O2S2. The molecule has 4 rings (SSSR count). The minimum absolute atomic E-state index is 0.122. The fourth-order valence-corrected chi connectivity index (χ4v) is 4.87. The van der Waals surface area contributed by atoms with Crippen LogP contribution in [0.3, 0.4) is 0 Å². The largest absolute Gasteiger partial charge is 0.485 e. The number of rotatable bonds is 8. The lowest BCUT2D eigenvalue weighted by molar-refractivity contribution is -0.113. The van der Waals surface area contributed by atoms with Crippen LogP contribution in [-0.2, 0) is 17.9 Å². The summed E-state index contributed by atoms with van der Waals surface area (Å²) in [7, 11) is 0. The highest BCUT2D eigenvalue weighted by molar-refractivity contribution is 7.99. The number of para-hydroxylation sites is 1. The number of thioether (sulfide) groups is 1. The normalized spacial score (nSPS) is 11.1. The summed E-state index contributed by atoms with van der Waals surface area (Å²) in [5.41, 5.74) is 3.17. The number of carbonyl (C=O) groups excluding carboxylic acids is 1. The monoisotopic (exact) mass is 453 g/mol. The predicted molar refractivity (Wildman–Crippen MR) is 125 cm³/mol. The number of anilines is 1. The lowest BCUT2D eigenvalue weighted by Crippen LogP contribution is -2.14. The van der Waals surface area contributed by atoms with Gasteiger partial charge < -0.3 is 14.6 Å². The molecule has 2 aromatic heterocycles. The standard InChI is InChI=1S/C22H23N5O2S2/c1-4-27-19(12-29-17-10-9-14(2)11-15(17)3)25-26-22(27)30-13-20(28)24-21-23-16-7-5-6-8-18(16)31-21/h5-11H,4,12-13H2,1-3H3,(H,23,24,28). The molecule has 0 aliphatic heterocycles. The van der Waals surface area contributed by atoms with Crippen molar-refractivity contribution in [3.63, 3.8) is 0 Å². The van der Waals surface area contributed by atoms with Crippen LogP contribution in [0.5, 0.6) is 5.75 Å². The van der Waals surface area contributed by atoms with Crippen molar-refractivity contribution >= 4 is 44.4 Å². The molecule has 1 amide bonds. The fraction of sp³-hybridized carbons (Fsp3) is 0.273. The number of hydrogen-bond donors (Lipinski definition) is 1. The van der Waals surface area contributed by atoms with Gasteiger partial charge in [0.1, 0.15) is 12.4 Å². The van der Waals surface area contributed by atoms with E-state index in [0.29, 0.717) is 23.4 Å². The van der Waals surface area contributed by atoms with E-state index >= 15 is 0 Å². The van der Waals surface area contributed by atoms with Crippen LogP contribution in [0, 0.1) is 13.8 Å².